The second kappa shape index (κ2) is 4.55. The molecular weight excluding hydrogens is 222 g/mol. The highest BCUT2D eigenvalue weighted by molar-refractivity contribution is 7.91. The van der Waals surface area contributed by atoms with Crippen molar-refractivity contribution in [2.45, 2.75) is 18.9 Å². The Hall–Kier alpha value is -0.870. The first kappa shape index (κ1) is 11.6. The van der Waals surface area contributed by atoms with Crippen molar-refractivity contribution in [2.75, 3.05) is 18.1 Å². The molecule has 1 aliphatic heterocycles. The smallest absolute Gasteiger partial charge is 0.156 e. The summed E-state index contributed by atoms with van der Waals surface area (Å²) in [7, 11) is -2.85. The van der Waals surface area contributed by atoms with Crippen molar-refractivity contribution in [3.8, 4) is 0 Å². The Morgan fingerprint density at radius 2 is 1.94 bits per heavy atom. The van der Waals surface area contributed by atoms with E-state index in [0.29, 0.717) is 11.5 Å². The summed E-state index contributed by atoms with van der Waals surface area (Å²) in [4.78, 5) is 0. The fraction of sp³-hybridized carbons (Fsp3) is 0.500. The molecule has 0 aliphatic carbocycles. The van der Waals surface area contributed by atoms with Gasteiger partial charge in [-0.15, -0.1) is 0 Å². The van der Waals surface area contributed by atoms with E-state index < -0.39 is 9.84 Å². The van der Waals surface area contributed by atoms with E-state index in [0.717, 1.165) is 12.1 Å². The van der Waals surface area contributed by atoms with Gasteiger partial charge in [0.05, 0.1) is 18.2 Å². The lowest BCUT2D eigenvalue weighted by Gasteiger charge is -2.15. The predicted molar refractivity (Wildman–Crippen MR) is 64.1 cm³/mol. The van der Waals surface area contributed by atoms with Crippen LogP contribution < -0.4 is 5.32 Å². The van der Waals surface area contributed by atoms with Crippen LogP contribution >= 0.6 is 0 Å². The Morgan fingerprint density at radius 1 is 1.25 bits per heavy atom. The van der Waals surface area contributed by atoms with Crippen LogP contribution in [0, 0.1) is 0 Å². The van der Waals surface area contributed by atoms with Crippen molar-refractivity contribution in [3.63, 3.8) is 0 Å². The molecule has 0 spiro atoms. The molecule has 0 saturated carbocycles. The molecule has 2 rings (SSSR count). The molecule has 1 aromatic carbocycles. The molecule has 1 aliphatic rings. The van der Waals surface area contributed by atoms with Gasteiger partial charge in [-0.25, -0.2) is 8.42 Å². The van der Waals surface area contributed by atoms with E-state index >= 15 is 0 Å². The van der Waals surface area contributed by atoms with Gasteiger partial charge in [0.25, 0.3) is 0 Å². The van der Waals surface area contributed by atoms with Gasteiger partial charge in [-0.1, -0.05) is 30.3 Å². The molecule has 0 unspecified atom stereocenters. The summed E-state index contributed by atoms with van der Waals surface area (Å²) < 4.78 is 23.4. The van der Waals surface area contributed by atoms with Gasteiger partial charge in [-0.2, -0.15) is 0 Å². The molecule has 88 valence electrons. The number of benzene rings is 1. The van der Waals surface area contributed by atoms with E-state index in [-0.39, 0.29) is 12.0 Å². The number of quaternary nitrogens is 1. The van der Waals surface area contributed by atoms with E-state index in [1.165, 1.54) is 0 Å². The first-order chi connectivity index (χ1) is 7.62. The Morgan fingerprint density at radius 3 is 2.56 bits per heavy atom. The van der Waals surface area contributed by atoms with Crippen LogP contribution in [0.2, 0.25) is 0 Å². The number of sulfone groups is 1. The normalized spacial score (nSPS) is 28.1. The Labute approximate surface area is 96.8 Å². The average Bonchev–Trinajstić information content (AvgIpc) is 2.56. The summed E-state index contributed by atoms with van der Waals surface area (Å²) >= 11 is 0. The average molecular weight is 240 g/mol. The third-order valence-corrected chi connectivity index (χ3v) is 4.92. The number of likely N-dealkylation sites (N-methyl/N-ethyl adjacent to an activating group) is 1. The number of hydrogen-bond acceptors (Lipinski definition) is 2. The van der Waals surface area contributed by atoms with Crippen LogP contribution in [0.25, 0.3) is 0 Å². The first-order valence-electron chi connectivity index (χ1n) is 5.71. The second-order valence-electron chi connectivity index (χ2n) is 4.40. The second-order valence-corrected chi connectivity index (χ2v) is 6.56. The largest absolute Gasteiger partial charge is 0.343 e. The lowest BCUT2D eigenvalue weighted by Crippen LogP contribution is -2.91. The maximum Gasteiger partial charge on any atom is 0.156 e. The van der Waals surface area contributed by atoms with Crippen LogP contribution in [-0.2, 0) is 9.84 Å². The maximum absolute atomic E-state index is 11.7. The van der Waals surface area contributed by atoms with Gasteiger partial charge in [0.1, 0.15) is 11.8 Å². The SMILES string of the molecule is CC[NH2+][C@H]1CS(=O)(=O)C[C@H]1c1ccccc1. The van der Waals surface area contributed by atoms with Crippen LogP contribution in [-0.4, -0.2) is 32.5 Å². The highest BCUT2D eigenvalue weighted by atomic mass is 32.2. The maximum atomic E-state index is 11.7. The van der Waals surface area contributed by atoms with Crippen molar-refractivity contribution in [3.05, 3.63) is 35.9 Å². The first-order valence-corrected chi connectivity index (χ1v) is 7.53. The van der Waals surface area contributed by atoms with Crippen molar-refractivity contribution >= 4 is 9.84 Å². The quantitative estimate of drug-likeness (QED) is 0.817. The monoisotopic (exact) mass is 240 g/mol. The Balaban J connectivity index is 2.26. The Bertz CT molecular complexity index is 441. The van der Waals surface area contributed by atoms with Crippen LogP contribution in [0.4, 0.5) is 0 Å². The van der Waals surface area contributed by atoms with Crippen molar-refractivity contribution in [1.82, 2.24) is 0 Å². The molecule has 1 fully saturated rings. The molecule has 16 heavy (non-hydrogen) atoms. The van der Waals surface area contributed by atoms with Gasteiger partial charge in [-0.3, -0.25) is 0 Å². The molecule has 1 saturated heterocycles. The van der Waals surface area contributed by atoms with Crippen LogP contribution in [0.3, 0.4) is 0 Å². The highest BCUT2D eigenvalue weighted by Gasteiger charge is 2.40. The minimum atomic E-state index is -2.85. The van der Waals surface area contributed by atoms with Crippen LogP contribution in [0.1, 0.15) is 18.4 Å². The zero-order valence-electron chi connectivity index (χ0n) is 9.46. The van der Waals surface area contributed by atoms with Crippen LogP contribution in [0.15, 0.2) is 30.3 Å². The van der Waals surface area contributed by atoms with E-state index in [9.17, 15) is 8.42 Å². The van der Waals surface area contributed by atoms with E-state index in [2.05, 4.69) is 12.2 Å². The molecule has 0 aromatic heterocycles. The number of hydrogen-bond donors (Lipinski definition) is 1. The molecule has 1 heterocycles. The minimum absolute atomic E-state index is 0.158. The van der Waals surface area contributed by atoms with Gasteiger partial charge in [0.2, 0.25) is 0 Å². The zero-order chi connectivity index (χ0) is 11.6. The van der Waals surface area contributed by atoms with Crippen LogP contribution in [0.5, 0.6) is 0 Å². The molecule has 2 atom stereocenters. The zero-order valence-corrected chi connectivity index (χ0v) is 10.3. The van der Waals surface area contributed by atoms with Gasteiger partial charge < -0.3 is 5.32 Å². The molecule has 2 N–H and O–H groups in total. The standard InChI is InChI=1S/C12H17NO2S/c1-2-13-12-9-16(14,15)8-11(12)10-6-4-3-5-7-10/h3-7,11-13H,2,8-9H2,1H3/p+1/t11-,12-/m0/s1. The predicted octanol–water partition coefficient (Wildman–Crippen LogP) is 0.151. The third-order valence-electron chi connectivity index (χ3n) is 3.16. The minimum Gasteiger partial charge on any atom is -0.343 e. The summed E-state index contributed by atoms with van der Waals surface area (Å²) in [6.07, 6.45) is 0. The van der Waals surface area contributed by atoms with E-state index in [4.69, 9.17) is 0 Å². The van der Waals surface area contributed by atoms with Gasteiger partial charge in [0, 0.05) is 0 Å². The Kier molecular flexibility index (Phi) is 3.30. The lowest BCUT2D eigenvalue weighted by molar-refractivity contribution is -0.683. The summed E-state index contributed by atoms with van der Waals surface area (Å²) in [5.41, 5.74) is 1.15. The summed E-state index contributed by atoms with van der Waals surface area (Å²) in [6, 6.07) is 10.2. The summed E-state index contributed by atoms with van der Waals surface area (Å²) in [6.45, 7) is 3.00. The number of rotatable bonds is 3. The van der Waals surface area contributed by atoms with Crippen molar-refractivity contribution in [1.29, 1.82) is 0 Å². The fourth-order valence-corrected chi connectivity index (χ4v) is 4.53. The summed E-state index contributed by atoms with van der Waals surface area (Å²) in [5, 5.41) is 2.14. The molecule has 0 amide bonds. The molecule has 1 aromatic rings. The molecule has 0 bridgehead atoms. The number of nitrogens with two attached hydrogens (primary N) is 1. The topological polar surface area (TPSA) is 50.8 Å². The highest BCUT2D eigenvalue weighted by Crippen LogP contribution is 2.27. The van der Waals surface area contributed by atoms with Gasteiger partial charge in [0.15, 0.2) is 9.84 Å². The fourth-order valence-electron chi connectivity index (χ4n) is 2.45. The lowest BCUT2D eigenvalue weighted by atomic mass is 9.94. The molecule has 3 nitrogen and oxygen atoms in total. The molecule has 0 radical (unpaired) electrons. The van der Waals surface area contributed by atoms with Gasteiger partial charge >= 0.3 is 0 Å². The molecule has 4 heteroatoms. The van der Waals surface area contributed by atoms with Gasteiger partial charge in [-0.05, 0) is 12.5 Å². The van der Waals surface area contributed by atoms with Crippen molar-refractivity contribution < 1.29 is 13.7 Å². The summed E-state index contributed by atoms with van der Waals surface area (Å²) in [5.74, 6) is 0.782. The van der Waals surface area contributed by atoms with E-state index in [1.54, 1.807) is 0 Å². The third kappa shape index (κ3) is 2.44. The molecular formula is C12H18NO2S+. The van der Waals surface area contributed by atoms with Crippen molar-refractivity contribution in [2.24, 2.45) is 0 Å². The van der Waals surface area contributed by atoms with E-state index in [1.807, 2.05) is 30.3 Å².